The van der Waals surface area contributed by atoms with E-state index >= 15 is 0 Å². The van der Waals surface area contributed by atoms with Crippen LogP contribution in [0.15, 0.2) is 12.2 Å². The van der Waals surface area contributed by atoms with Crippen molar-refractivity contribution in [1.82, 2.24) is 10.2 Å². The molecular weight excluding hydrogens is 148 g/mol. The van der Waals surface area contributed by atoms with Gasteiger partial charge in [0, 0.05) is 12.6 Å². The highest BCUT2D eigenvalue weighted by atomic mass is 15.1. The van der Waals surface area contributed by atoms with E-state index in [1.807, 2.05) is 0 Å². The standard InChI is InChI=1S/C10H20N2/c1-3-4-9-12(2)10-5-7-11-8-6-10/h3-4,10-11H,5-9H2,1-2H3/b4-3+. The highest BCUT2D eigenvalue weighted by molar-refractivity contribution is 4.84. The van der Waals surface area contributed by atoms with Crippen molar-refractivity contribution < 1.29 is 0 Å². The lowest BCUT2D eigenvalue weighted by Crippen LogP contribution is -2.41. The van der Waals surface area contributed by atoms with E-state index in [4.69, 9.17) is 0 Å². The van der Waals surface area contributed by atoms with Crippen LogP contribution in [0.5, 0.6) is 0 Å². The zero-order chi connectivity index (χ0) is 8.81. The maximum Gasteiger partial charge on any atom is 0.0163 e. The number of hydrogen-bond acceptors (Lipinski definition) is 2. The first kappa shape index (κ1) is 9.75. The molecule has 1 saturated heterocycles. The first-order valence-electron chi connectivity index (χ1n) is 4.86. The fraction of sp³-hybridized carbons (Fsp3) is 0.800. The predicted octanol–water partition coefficient (Wildman–Crippen LogP) is 1.25. The summed E-state index contributed by atoms with van der Waals surface area (Å²) in [5, 5.41) is 3.38. The van der Waals surface area contributed by atoms with Gasteiger partial charge in [0.15, 0.2) is 0 Å². The van der Waals surface area contributed by atoms with Gasteiger partial charge >= 0.3 is 0 Å². The molecule has 1 heterocycles. The summed E-state index contributed by atoms with van der Waals surface area (Å²) in [6.07, 6.45) is 6.95. The highest BCUT2D eigenvalue weighted by Gasteiger charge is 2.15. The van der Waals surface area contributed by atoms with E-state index in [1.54, 1.807) is 0 Å². The van der Waals surface area contributed by atoms with E-state index in [1.165, 1.54) is 25.9 Å². The molecule has 2 heteroatoms. The van der Waals surface area contributed by atoms with Crippen LogP contribution in [0, 0.1) is 0 Å². The third kappa shape index (κ3) is 2.95. The fourth-order valence-corrected chi connectivity index (χ4v) is 1.67. The van der Waals surface area contributed by atoms with Crippen LogP contribution in [0.25, 0.3) is 0 Å². The Morgan fingerprint density at radius 1 is 1.42 bits per heavy atom. The summed E-state index contributed by atoms with van der Waals surface area (Å²) in [4.78, 5) is 2.45. The van der Waals surface area contributed by atoms with E-state index < -0.39 is 0 Å². The van der Waals surface area contributed by atoms with Crippen molar-refractivity contribution in [2.24, 2.45) is 0 Å². The minimum Gasteiger partial charge on any atom is -0.317 e. The number of nitrogens with one attached hydrogen (secondary N) is 1. The lowest BCUT2D eigenvalue weighted by molar-refractivity contribution is 0.217. The van der Waals surface area contributed by atoms with E-state index in [-0.39, 0.29) is 0 Å². The van der Waals surface area contributed by atoms with Crippen molar-refractivity contribution in [1.29, 1.82) is 0 Å². The summed E-state index contributed by atoms with van der Waals surface area (Å²) in [6, 6.07) is 0.794. The fourth-order valence-electron chi connectivity index (χ4n) is 1.67. The second kappa shape index (κ2) is 5.33. The molecule has 0 aromatic rings. The molecule has 70 valence electrons. The Hall–Kier alpha value is -0.340. The van der Waals surface area contributed by atoms with Crippen LogP contribution in [0.3, 0.4) is 0 Å². The van der Waals surface area contributed by atoms with Crippen LogP contribution >= 0.6 is 0 Å². The van der Waals surface area contributed by atoms with Crippen LogP contribution < -0.4 is 5.32 Å². The van der Waals surface area contributed by atoms with Gasteiger partial charge in [-0.15, -0.1) is 0 Å². The van der Waals surface area contributed by atoms with Gasteiger partial charge in [0.05, 0.1) is 0 Å². The van der Waals surface area contributed by atoms with Crippen molar-refractivity contribution in [2.75, 3.05) is 26.7 Å². The molecule has 0 spiro atoms. The van der Waals surface area contributed by atoms with Crippen molar-refractivity contribution in [3.05, 3.63) is 12.2 Å². The molecular formula is C10H20N2. The normalized spacial score (nSPS) is 20.9. The number of nitrogens with zero attached hydrogens (tertiary/aromatic N) is 1. The summed E-state index contributed by atoms with van der Waals surface area (Å²) in [5.41, 5.74) is 0. The van der Waals surface area contributed by atoms with Crippen LogP contribution in [-0.2, 0) is 0 Å². The van der Waals surface area contributed by atoms with Gasteiger partial charge in [-0.2, -0.15) is 0 Å². The Morgan fingerprint density at radius 3 is 2.67 bits per heavy atom. The average Bonchev–Trinajstić information content (AvgIpc) is 2.15. The van der Waals surface area contributed by atoms with Gasteiger partial charge in [-0.25, -0.2) is 0 Å². The lowest BCUT2D eigenvalue weighted by Gasteiger charge is -2.30. The van der Waals surface area contributed by atoms with Crippen molar-refractivity contribution in [2.45, 2.75) is 25.8 Å². The molecule has 12 heavy (non-hydrogen) atoms. The molecule has 0 amide bonds. The molecule has 0 unspecified atom stereocenters. The molecule has 0 aromatic heterocycles. The Morgan fingerprint density at radius 2 is 2.08 bits per heavy atom. The number of allylic oxidation sites excluding steroid dienone is 1. The second-order valence-corrected chi connectivity index (χ2v) is 3.49. The molecule has 0 atom stereocenters. The lowest BCUT2D eigenvalue weighted by atomic mass is 10.1. The van der Waals surface area contributed by atoms with Gasteiger partial charge in [0.2, 0.25) is 0 Å². The zero-order valence-electron chi connectivity index (χ0n) is 8.21. The molecule has 2 nitrogen and oxygen atoms in total. The minimum absolute atomic E-state index is 0.794. The first-order chi connectivity index (χ1) is 5.84. The number of rotatable bonds is 3. The topological polar surface area (TPSA) is 15.3 Å². The van der Waals surface area contributed by atoms with Gasteiger partial charge < -0.3 is 5.32 Å². The van der Waals surface area contributed by atoms with E-state index in [9.17, 15) is 0 Å². The maximum absolute atomic E-state index is 3.38. The average molecular weight is 168 g/mol. The van der Waals surface area contributed by atoms with E-state index in [0.29, 0.717) is 0 Å². The van der Waals surface area contributed by atoms with Gasteiger partial charge in [-0.1, -0.05) is 12.2 Å². The van der Waals surface area contributed by atoms with Gasteiger partial charge in [0.1, 0.15) is 0 Å². The Bertz CT molecular complexity index is 137. The molecule has 0 bridgehead atoms. The molecule has 1 rings (SSSR count). The van der Waals surface area contributed by atoms with E-state index in [2.05, 4.69) is 36.3 Å². The quantitative estimate of drug-likeness (QED) is 0.638. The predicted molar refractivity (Wildman–Crippen MR) is 53.3 cm³/mol. The van der Waals surface area contributed by atoms with Crippen molar-refractivity contribution in [3.8, 4) is 0 Å². The molecule has 0 aromatic carbocycles. The highest BCUT2D eigenvalue weighted by Crippen LogP contribution is 2.08. The van der Waals surface area contributed by atoms with Crippen molar-refractivity contribution in [3.63, 3.8) is 0 Å². The Labute approximate surface area is 75.6 Å². The van der Waals surface area contributed by atoms with Crippen LogP contribution in [0.1, 0.15) is 19.8 Å². The summed E-state index contributed by atoms with van der Waals surface area (Å²) in [6.45, 7) is 5.55. The smallest absolute Gasteiger partial charge is 0.0163 e. The molecule has 0 saturated carbocycles. The van der Waals surface area contributed by atoms with E-state index in [0.717, 1.165) is 12.6 Å². The number of hydrogen-bond donors (Lipinski definition) is 1. The molecule has 1 aliphatic rings. The SMILES string of the molecule is C/C=C/CN(C)C1CCNCC1. The molecule has 1 fully saturated rings. The van der Waals surface area contributed by atoms with Gasteiger partial charge in [-0.05, 0) is 39.9 Å². The molecule has 1 N–H and O–H groups in total. The summed E-state index contributed by atoms with van der Waals surface area (Å²) in [7, 11) is 2.22. The van der Waals surface area contributed by atoms with Crippen LogP contribution in [-0.4, -0.2) is 37.6 Å². The largest absolute Gasteiger partial charge is 0.317 e. The zero-order valence-corrected chi connectivity index (χ0v) is 8.21. The third-order valence-corrected chi connectivity index (χ3v) is 2.56. The van der Waals surface area contributed by atoms with Gasteiger partial charge in [0.25, 0.3) is 0 Å². The second-order valence-electron chi connectivity index (χ2n) is 3.49. The summed E-state index contributed by atoms with van der Waals surface area (Å²) in [5.74, 6) is 0. The summed E-state index contributed by atoms with van der Waals surface area (Å²) < 4.78 is 0. The first-order valence-corrected chi connectivity index (χ1v) is 4.86. The summed E-state index contributed by atoms with van der Waals surface area (Å²) >= 11 is 0. The molecule has 1 aliphatic heterocycles. The van der Waals surface area contributed by atoms with Crippen LogP contribution in [0.2, 0.25) is 0 Å². The molecule has 0 radical (unpaired) electrons. The monoisotopic (exact) mass is 168 g/mol. The van der Waals surface area contributed by atoms with Crippen molar-refractivity contribution >= 4 is 0 Å². The Kier molecular flexibility index (Phi) is 4.33. The number of piperidine rings is 1. The Balaban J connectivity index is 2.24. The van der Waals surface area contributed by atoms with Gasteiger partial charge in [-0.3, -0.25) is 4.90 Å². The third-order valence-electron chi connectivity index (χ3n) is 2.56. The molecule has 0 aliphatic carbocycles. The van der Waals surface area contributed by atoms with Crippen LogP contribution in [0.4, 0.5) is 0 Å². The number of likely N-dealkylation sites (N-methyl/N-ethyl adjacent to an activating group) is 1. The minimum atomic E-state index is 0.794. The maximum atomic E-state index is 3.38.